The van der Waals surface area contributed by atoms with Crippen molar-refractivity contribution in [3.05, 3.63) is 65.2 Å². The second-order valence-corrected chi connectivity index (χ2v) is 7.14. The molecule has 0 aliphatic carbocycles. The first-order valence-corrected chi connectivity index (χ1v) is 9.37. The fraction of sp³-hybridized carbons (Fsp3) is 0.286. The number of hydrogen-bond donors (Lipinski definition) is 0. The van der Waals surface area contributed by atoms with E-state index in [4.69, 9.17) is 0 Å². The van der Waals surface area contributed by atoms with Gasteiger partial charge >= 0.3 is 6.18 Å². The van der Waals surface area contributed by atoms with Crippen LogP contribution in [0.2, 0.25) is 0 Å². The second-order valence-electron chi connectivity index (χ2n) is 7.14. The quantitative estimate of drug-likeness (QED) is 0.589. The first kappa shape index (κ1) is 20.1. The Morgan fingerprint density at radius 2 is 1.77 bits per heavy atom. The molecular weight excluding hydrogens is 400 g/mol. The molecule has 0 unspecified atom stereocenters. The highest BCUT2D eigenvalue weighted by molar-refractivity contribution is 5.98. The lowest BCUT2D eigenvalue weighted by Gasteiger charge is -2.35. The molecular formula is C21H18F4N4O. The Labute approximate surface area is 170 Å². The summed E-state index contributed by atoms with van der Waals surface area (Å²) in [5.41, 5.74) is 0.668. The average molecular weight is 418 g/mol. The van der Waals surface area contributed by atoms with Crippen molar-refractivity contribution in [3.8, 4) is 0 Å². The number of anilines is 1. The van der Waals surface area contributed by atoms with Crippen LogP contribution in [0.4, 0.5) is 23.4 Å². The average Bonchev–Trinajstić information content (AvgIpc) is 2.72. The summed E-state index contributed by atoms with van der Waals surface area (Å²) in [6.07, 6.45) is -3.60. The molecule has 1 saturated heterocycles. The summed E-state index contributed by atoms with van der Waals surface area (Å²) in [5, 5.41) is 0.679. The predicted octanol–water partition coefficient (Wildman–Crippen LogP) is 4.06. The molecule has 3 aromatic rings. The maximum atomic E-state index is 13.4. The van der Waals surface area contributed by atoms with Crippen LogP contribution in [0.15, 0.2) is 42.6 Å². The number of alkyl halides is 3. The molecule has 0 atom stereocenters. The monoisotopic (exact) mass is 418 g/mol. The normalized spacial score (nSPS) is 15.0. The van der Waals surface area contributed by atoms with Crippen molar-refractivity contribution >= 4 is 22.6 Å². The van der Waals surface area contributed by atoms with Gasteiger partial charge in [-0.1, -0.05) is 0 Å². The van der Waals surface area contributed by atoms with Crippen molar-refractivity contribution in [3.63, 3.8) is 0 Å². The van der Waals surface area contributed by atoms with E-state index < -0.39 is 11.7 Å². The molecule has 1 fully saturated rings. The lowest BCUT2D eigenvalue weighted by atomic mass is 10.1. The fourth-order valence-electron chi connectivity index (χ4n) is 3.50. The number of amides is 1. The van der Waals surface area contributed by atoms with Crippen molar-refractivity contribution < 1.29 is 22.4 Å². The van der Waals surface area contributed by atoms with Crippen molar-refractivity contribution in [1.29, 1.82) is 0 Å². The van der Waals surface area contributed by atoms with Gasteiger partial charge < -0.3 is 9.80 Å². The van der Waals surface area contributed by atoms with Crippen LogP contribution in [0.5, 0.6) is 0 Å². The van der Waals surface area contributed by atoms with Gasteiger partial charge in [0.25, 0.3) is 5.91 Å². The number of carbonyl (C=O) groups is 1. The third-order valence-corrected chi connectivity index (χ3v) is 5.17. The van der Waals surface area contributed by atoms with Gasteiger partial charge in [-0.15, -0.1) is 0 Å². The minimum absolute atomic E-state index is 0.175. The number of halogens is 4. The minimum Gasteiger partial charge on any atom is -0.353 e. The highest BCUT2D eigenvalue weighted by Crippen LogP contribution is 2.29. The van der Waals surface area contributed by atoms with Gasteiger partial charge in [0, 0.05) is 43.8 Å². The number of fused-ring (bicyclic) bond motifs is 1. The van der Waals surface area contributed by atoms with E-state index in [9.17, 15) is 22.4 Å². The molecule has 0 N–H and O–H groups in total. The third kappa shape index (κ3) is 3.92. The van der Waals surface area contributed by atoms with Crippen molar-refractivity contribution in [2.45, 2.75) is 13.1 Å². The first-order chi connectivity index (χ1) is 14.2. The molecule has 3 heterocycles. The molecule has 0 spiro atoms. The fourth-order valence-corrected chi connectivity index (χ4v) is 3.50. The van der Waals surface area contributed by atoms with Crippen LogP contribution in [-0.2, 0) is 6.18 Å². The second kappa shape index (κ2) is 7.55. The summed E-state index contributed by atoms with van der Waals surface area (Å²) in [7, 11) is 0. The molecule has 156 valence electrons. The molecule has 0 saturated carbocycles. The summed E-state index contributed by atoms with van der Waals surface area (Å²) in [6.45, 7) is 3.43. The van der Waals surface area contributed by atoms with Gasteiger partial charge in [-0.3, -0.25) is 9.78 Å². The summed E-state index contributed by atoms with van der Waals surface area (Å²) >= 11 is 0. The lowest BCUT2D eigenvalue weighted by molar-refractivity contribution is -0.137. The SMILES string of the molecule is Cc1nc2cc(F)ccc2cc1C(=O)N1CCN(c2ccc(C(F)(F)F)cn2)CC1. The highest BCUT2D eigenvalue weighted by Gasteiger charge is 2.31. The van der Waals surface area contributed by atoms with E-state index >= 15 is 0 Å². The molecule has 2 aromatic heterocycles. The third-order valence-electron chi connectivity index (χ3n) is 5.17. The summed E-state index contributed by atoms with van der Waals surface area (Å²) in [4.78, 5) is 24.8. The zero-order valence-electron chi connectivity index (χ0n) is 16.1. The number of piperazine rings is 1. The van der Waals surface area contributed by atoms with Crippen LogP contribution in [-0.4, -0.2) is 47.0 Å². The summed E-state index contributed by atoms with van der Waals surface area (Å²) < 4.78 is 51.5. The zero-order valence-corrected chi connectivity index (χ0v) is 16.1. The molecule has 5 nitrogen and oxygen atoms in total. The Balaban J connectivity index is 1.46. The minimum atomic E-state index is -4.42. The van der Waals surface area contributed by atoms with Gasteiger partial charge in [0.1, 0.15) is 11.6 Å². The van der Waals surface area contributed by atoms with E-state index in [2.05, 4.69) is 9.97 Å². The molecule has 9 heteroatoms. The van der Waals surface area contributed by atoms with E-state index in [0.29, 0.717) is 54.2 Å². The number of hydrogen-bond acceptors (Lipinski definition) is 4. The molecule has 1 amide bonds. The maximum absolute atomic E-state index is 13.4. The number of rotatable bonds is 2. The number of aryl methyl sites for hydroxylation is 1. The molecule has 1 aliphatic heterocycles. The topological polar surface area (TPSA) is 49.3 Å². The predicted molar refractivity (Wildman–Crippen MR) is 104 cm³/mol. The van der Waals surface area contributed by atoms with E-state index in [1.165, 1.54) is 18.2 Å². The van der Waals surface area contributed by atoms with Gasteiger partial charge in [0.05, 0.1) is 22.3 Å². The molecule has 0 bridgehead atoms. The number of benzene rings is 1. The summed E-state index contributed by atoms with van der Waals surface area (Å²) in [5.74, 6) is -0.117. The molecule has 1 aliphatic rings. The van der Waals surface area contributed by atoms with Crippen LogP contribution < -0.4 is 4.90 Å². The van der Waals surface area contributed by atoms with E-state index in [1.807, 2.05) is 4.90 Å². The molecule has 30 heavy (non-hydrogen) atoms. The van der Waals surface area contributed by atoms with Crippen LogP contribution in [0, 0.1) is 12.7 Å². The number of aromatic nitrogens is 2. The number of pyridine rings is 2. The number of carbonyl (C=O) groups excluding carboxylic acids is 1. The van der Waals surface area contributed by atoms with E-state index in [-0.39, 0.29) is 11.7 Å². The van der Waals surface area contributed by atoms with Crippen molar-refractivity contribution in [2.75, 3.05) is 31.1 Å². The van der Waals surface area contributed by atoms with Gasteiger partial charge in [-0.2, -0.15) is 13.2 Å². The largest absolute Gasteiger partial charge is 0.417 e. The van der Waals surface area contributed by atoms with E-state index in [0.717, 1.165) is 12.3 Å². The Hall–Kier alpha value is -3.23. The van der Waals surface area contributed by atoms with Gasteiger partial charge in [-0.05, 0) is 37.3 Å². The van der Waals surface area contributed by atoms with Crippen molar-refractivity contribution in [1.82, 2.24) is 14.9 Å². The van der Waals surface area contributed by atoms with E-state index in [1.54, 1.807) is 24.0 Å². The molecule has 4 rings (SSSR count). The highest BCUT2D eigenvalue weighted by atomic mass is 19.4. The molecule has 0 radical (unpaired) electrons. The Kier molecular flexibility index (Phi) is 5.05. The van der Waals surface area contributed by atoms with Crippen LogP contribution in [0.1, 0.15) is 21.6 Å². The van der Waals surface area contributed by atoms with Crippen LogP contribution in [0.25, 0.3) is 10.9 Å². The first-order valence-electron chi connectivity index (χ1n) is 9.37. The standard InChI is InChI=1S/C21H18F4N4O/c1-13-17(10-14-2-4-16(22)11-18(14)27-13)20(30)29-8-6-28(7-9-29)19-5-3-15(12-26-19)21(23,24)25/h2-5,10-12H,6-9H2,1H3. The number of nitrogens with zero attached hydrogens (tertiary/aromatic N) is 4. The van der Waals surface area contributed by atoms with Gasteiger partial charge in [0.2, 0.25) is 0 Å². The zero-order chi connectivity index (χ0) is 21.5. The van der Waals surface area contributed by atoms with Crippen molar-refractivity contribution in [2.24, 2.45) is 0 Å². The Morgan fingerprint density at radius 3 is 2.40 bits per heavy atom. The Bertz CT molecular complexity index is 1090. The molecule has 1 aromatic carbocycles. The smallest absolute Gasteiger partial charge is 0.353 e. The van der Waals surface area contributed by atoms with Crippen LogP contribution >= 0.6 is 0 Å². The van der Waals surface area contributed by atoms with Gasteiger partial charge in [-0.25, -0.2) is 9.37 Å². The Morgan fingerprint density at radius 1 is 1.03 bits per heavy atom. The van der Waals surface area contributed by atoms with Gasteiger partial charge in [0.15, 0.2) is 0 Å². The lowest BCUT2D eigenvalue weighted by Crippen LogP contribution is -2.49. The van der Waals surface area contributed by atoms with Crippen LogP contribution in [0.3, 0.4) is 0 Å². The summed E-state index contributed by atoms with van der Waals surface area (Å²) in [6, 6.07) is 8.30. The maximum Gasteiger partial charge on any atom is 0.417 e.